The van der Waals surface area contributed by atoms with E-state index in [2.05, 4.69) is 16.0 Å². The van der Waals surface area contributed by atoms with E-state index in [4.69, 9.17) is 5.26 Å². The molecule has 0 aliphatic rings. The Balaban J connectivity index is 2.30. The second-order valence-electron chi connectivity index (χ2n) is 2.98. The zero-order valence-corrected chi connectivity index (χ0v) is 7.57. The molecule has 1 heterocycles. The number of rotatable bonds is 2. The van der Waals surface area contributed by atoms with Crippen LogP contribution in [0.25, 0.3) is 0 Å². The largest absolute Gasteiger partial charge is 0.348 e. The molecule has 0 fully saturated rings. The molecule has 2 aromatic rings. The number of nitrogens with one attached hydrogen (secondary N) is 1. The number of hydrogen-bond donors (Lipinski definition) is 1. The lowest BCUT2D eigenvalue weighted by Gasteiger charge is -2.00. The maximum absolute atomic E-state index is 8.87. The van der Waals surface area contributed by atoms with E-state index in [0.717, 1.165) is 11.4 Å². The zero-order valence-electron chi connectivity index (χ0n) is 7.57. The van der Waals surface area contributed by atoms with Crippen LogP contribution >= 0.6 is 0 Å². The molecule has 0 amide bonds. The fourth-order valence-corrected chi connectivity index (χ4v) is 1.36. The van der Waals surface area contributed by atoms with Crippen LogP contribution in [0.3, 0.4) is 0 Å². The molecule has 2 rings (SSSR count). The van der Waals surface area contributed by atoms with Crippen LogP contribution < -0.4 is 0 Å². The monoisotopic (exact) mass is 183 g/mol. The maximum Gasteiger partial charge on any atom is 0.110 e. The zero-order chi connectivity index (χ0) is 9.80. The highest BCUT2D eigenvalue weighted by Crippen LogP contribution is 2.10. The number of aromatic amines is 1. The van der Waals surface area contributed by atoms with Gasteiger partial charge in [-0.15, -0.1) is 0 Å². The van der Waals surface area contributed by atoms with Gasteiger partial charge >= 0.3 is 0 Å². The lowest BCUT2D eigenvalue weighted by atomic mass is 10.1. The summed E-state index contributed by atoms with van der Waals surface area (Å²) in [6.07, 6.45) is 4.17. The first kappa shape index (κ1) is 8.52. The van der Waals surface area contributed by atoms with E-state index in [0.29, 0.717) is 12.0 Å². The van der Waals surface area contributed by atoms with Gasteiger partial charge in [0.1, 0.15) is 5.82 Å². The Bertz CT molecular complexity index is 452. The van der Waals surface area contributed by atoms with Crippen molar-refractivity contribution in [1.82, 2.24) is 9.97 Å². The summed E-state index contributed by atoms with van der Waals surface area (Å²) in [4.78, 5) is 7.14. The van der Waals surface area contributed by atoms with Crippen LogP contribution in [0.2, 0.25) is 0 Å². The minimum absolute atomic E-state index is 0.677. The number of benzene rings is 1. The molecule has 0 spiro atoms. The summed E-state index contributed by atoms with van der Waals surface area (Å²) in [5, 5.41) is 8.87. The van der Waals surface area contributed by atoms with Gasteiger partial charge in [-0.2, -0.15) is 5.26 Å². The predicted molar refractivity (Wildman–Crippen MR) is 52.6 cm³/mol. The summed E-state index contributed by atoms with van der Waals surface area (Å²) in [6, 6.07) is 9.72. The van der Waals surface area contributed by atoms with Crippen LogP contribution in [-0.4, -0.2) is 9.97 Å². The minimum Gasteiger partial charge on any atom is -0.348 e. The molecule has 0 radical (unpaired) electrons. The Morgan fingerprint density at radius 2 is 2.21 bits per heavy atom. The van der Waals surface area contributed by atoms with Crippen molar-refractivity contribution in [3.8, 4) is 6.07 Å². The molecule has 3 heteroatoms. The van der Waals surface area contributed by atoms with Crippen molar-refractivity contribution in [2.75, 3.05) is 0 Å². The highest BCUT2D eigenvalue weighted by atomic mass is 14.9. The molecule has 0 atom stereocenters. The van der Waals surface area contributed by atoms with Crippen molar-refractivity contribution in [1.29, 1.82) is 5.26 Å². The van der Waals surface area contributed by atoms with Gasteiger partial charge in [-0.3, -0.25) is 0 Å². The summed E-state index contributed by atoms with van der Waals surface area (Å²) in [7, 11) is 0. The van der Waals surface area contributed by atoms with Crippen LogP contribution in [0.15, 0.2) is 36.7 Å². The van der Waals surface area contributed by atoms with Gasteiger partial charge in [0.2, 0.25) is 0 Å². The van der Waals surface area contributed by atoms with Crippen molar-refractivity contribution >= 4 is 0 Å². The van der Waals surface area contributed by atoms with E-state index in [1.54, 1.807) is 12.4 Å². The number of H-pyrrole nitrogens is 1. The van der Waals surface area contributed by atoms with Crippen molar-refractivity contribution < 1.29 is 0 Å². The first-order chi connectivity index (χ1) is 6.90. The lowest BCUT2D eigenvalue weighted by molar-refractivity contribution is 1.02. The Kier molecular flexibility index (Phi) is 2.28. The van der Waals surface area contributed by atoms with Crippen molar-refractivity contribution in [3.63, 3.8) is 0 Å². The molecular formula is C11H9N3. The van der Waals surface area contributed by atoms with Gasteiger partial charge in [0.25, 0.3) is 0 Å². The number of nitrogens with zero attached hydrogens (tertiary/aromatic N) is 2. The first-order valence-electron chi connectivity index (χ1n) is 4.36. The summed E-state index contributed by atoms with van der Waals surface area (Å²) in [5.74, 6) is 0.882. The molecule has 0 saturated carbocycles. The molecule has 0 aliphatic heterocycles. The van der Waals surface area contributed by atoms with Gasteiger partial charge in [-0.1, -0.05) is 18.2 Å². The van der Waals surface area contributed by atoms with E-state index in [1.807, 2.05) is 24.3 Å². The van der Waals surface area contributed by atoms with Gasteiger partial charge < -0.3 is 4.98 Å². The van der Waals surface area contributed by atoms with E-state index >= 15 is 0 Å². The van der Waals surface area contributed by atoms with E-state index in [-0.39, 0.29) is 0 Å². The molecule has 68 valence electrons. The molecule has 0 saturated heterocycles. The van der Waals surface area contributed by atoms with E-state index < -0.39 is 0 Å². The molecule has 1 aromatic carbocycles. The average Bonchev–Trinajstić information content (AvgIpc) is 2.71. The third-order valence-electron chi connectivity index (χ3n) is 2.05. The second-order valence-corrected chi connectivity index (χ2v) is 2.98. The Labute approximate surface area is 82.0 Å². The summed E-state index contributed by atoms with van der Waals surface area (Å²) in [5.41, 5.74) is 1.72. The Morgan fingerprint density at radius 1 is 1.36 bits per heavy atom. The third kappa shape index (κ3) is 1.64. The van der Waals surface area contributed by atoms with Crippen LogP contribution in [-0.2, 0) is 6.42 Å². The Morgan fingerprint density at radius 3 is 2.93 bits per heavy atom. The van der Waals surface area contributed by atoms with Gasteiger partial charge in [0.05, 0.1) is 11.6 Å². The number of nitriles is 1. The standard InChI is InChI=1S/C11H9N3/c12-8-10-4-2-1-3-9(10)7-11-13-5-6-14-11/h1-6H,7H2,(H,13,14). The van der Waals surface area contributed by atoms with Gasteiger partial charge in [0.15, 0.2) is 0 Å². The van der Waals surface area contributed by atoms with Crippen molar-refractivity contribution in [3.05, 3.63) is 53.6 Å². The minimum atomic E-state index is 0.677. The molecular weight excluding hydrogens is 174 g/mol. The molecule has 14 heavy (non-hydrogen) atoms. The first-order valence-corrected chi connectivity index (χ1v) is 4.36. The predicted octanol–water partition coefficient (Wildman–Crippen LogP) is 1.87. The summed E-state index contributed by atoms with van der Waals surface area (Å²) >= 11 is 0. The van der Waals surface area contributed by atoms with Crippen LogP contribution in [0.5, 0.6) is 0 Å². The Hall–Kier alpha value is -2.08. The third-order valence-corrected chi connectivity index (χ3v) is 2.05. The van der Waals surface area contributed by atoms with Gasteiger partial charge in [-0.05, 0) is 11.6 Å². The van der Waals surface area contributed by atoms with Crippen LogP contribution in [0, 0.1) is 11.3 Å². The molecule has 0 aliphatic carbocycles. The van der Waals surface area contributed by atoms with Crippen molar-refractivity contribution in [2.45, 2.75) is 6.42 Å². The highest BCUT2D eigenvalue weighted by Gasteiger charge is 2.02. The van der Waals surface area contributed by atoms with Crippen LogP contribution in [0.1, 0.15) is 17.0 Å². The molecule has 1 aromatic heterocycles. The topological polar surface area (TPSA) is 52.5 Å². The van der Waals surface area contributed by atoms with Gasteiger partial charge in [0, 0.05) is 18.8 Å². The fraction of sp³-hybridized carbons (Fsp3) is 0.0909. The fourth-order valence-electron chi connectivity index (χ4n) is 1.36. The van der Waals surface area contributed by atoms with Crippen molar-refractivity contribution in [2.24, 2.45) is 0 Å². The number of hydrogen-bond acceptors (Lipinski definition) is 2. The molecule has 0 bridgehead atoms. The van der Waals surface area contributed by atoms with E-state index in [1.165, 1.54) is 0 Å². The quantitative estimate of drug-likeness (QED) is 0.772. The SMILES string of the molecule is N#Cc1ccccc1Cc1ncc[nH]1. The highest BCUT2D eigenvalue weighted by molar-refractivity contribution is 5.38. The second kappa shape index (κ2) is 3.75. The lowest BCUT2D eigenvalue weighted by Crippen LogP contribution is -1.93. The number of imidazole rings is 1. The average molecular weight is 183 g/mol. The molecule has 1 N–H and O–H groups in total. The number of aromatic nitrogens is 2. The van der Waals surface area contributed by atoms with Gasteiger partial charge in [-0.25, -0.2) is 4.98 Å². The van der Waals surface area contributed by atoms with Crippen LogP contribution in [0.4, 0.5) is 0 Å². The maximum atomic E-state index is 8.87. The molecule has 0 unspecified atom stereocenters. The normalized spacial score (nSPS) is 9.64. The molecule has 3 nitrogen and oxygen atoms in total. The summed E-state index contributed by atoms with van der Waals surface area (Å²) in [6.45, 7) is 0. The smallest absolute Gasteiger partial charge is 0.110 e. The summed E-state index contributed by atoms with van der Waals surface area (Å²) < 4.78 is 0. The van der Waals surface area contributed by atoms with E-state index in [9.17, 15) is 0 Å².